The average molecular weight is 263 g/mol. The van der Waals surface area contributed by atoms with E-state index >= 15 is 0 Å². The molecule has 1 fully saturated rings. The zero-order chi connectivity index (χ0) is 13.2. The molecule has 3 atom stereocenters. The summed E-state index contributed by atoms with van der Waals surface area (Å²) in [5, 5.41) is -0.502. The first-order valence-electron chi connectivity index (χ1n) is 5.89. The van der Waals surface area contributed by atoms with E-state index in [9.17, 15) is 9.18 Å². The molecule has 0 spiro atoms. The molecule has 0 aromatic carbocycles. The minimum Gasteiger partial charge on any atom is -0.460 e. The van der Waals surface area contributed by atoms with E-state index in [1.54, 1.807) is 0 Å². The van der Waals surface area contributed by atoms with Crippen LogP contribution in [0.15, 0.2) is 12.2 Å². The van der Waals surface area contributed by atoms with Gasteiger partial charge in [0.15, 0.2) is 0 Å². The van der Waals surface area contributed by atoms with Crippen LogP contribution >= 0.6 is 11.6 Å². The molecule has 4 heteroatoms. The van der Waals surface area contributed by atoms with E-state index in [-0.39, 0.29) is 18.3 Å². The Morgan fingerprint density at radius 2 is 2.12 bits per heavy atom. The molecule has 1 saturated carbocycles. The molecule has 1 aliphatic carbocycles. The molecule has 1 rings (SSSR count). The van der Waals surface area contributed by atoms with Gasteiger partial charge >= 0.3 is 5.97 Å². The standard InChI is InChI=1S/C13H20ClFO2/c1-8-9(5-6-10(14)12(8)15)7-11(16)17-13(2,3)4/h9-10,12H,1,5-7H2,2-4H3. The number of esters is 1. The maximum Gasteiger partial charge on any atom is 0.306 e. The number of carbonyl (C=O) groups excluding carboxylic acids is 1. The monoisotopic (exact) mass is 262 g/mol. The van der Waals surface area contributed by atoms with Crippen molar-refractivity contribution >= 4 is 17.6 Å². The Bertz CT molecular complexity index is 309. The summed E-state index contributed by atoms with van der Waals surface area (Å²) in [5.41, 5.74) is -0.0702. The number of halogens is 2. The molecule has 0 N–H and O–H groups in total. The smallest absolute Gasteiger partial charge is 0.306 e. The predicted molar refractivity (Wildman–Crippen MR) is 66.9 cm³/mol. The summed E-state index contributed by atoms with van der Waals surface area (Å²) in [4.78, 5) is 11.6. The van der Waals surface area contributed by atoms with E-state index < -0.39 is 17.1 Å². The van der Waals surface area contributed by atoms with Gasteiger partial charge in [-0.15, -0.1) is 11.6 Å². The Morgan fingerprint density at radius 3 is 2.65 bits per heavy atom. The van der Waals surface area contributed by atoms with Crippen LogP contribution < -0.4 is 0 Å². The Kier molecular flexibility index (Phi) is 4.59. The van der Waals surface area contributed by atoms with Crippen molar-refractivity contribution in [1.29, 1.82) is 0 Å². The molecule has 2 nitrogen and oxygen atoms in total. The number of rotatable bonds is 2. The van der Waals surface area contributed by atoms with E-state index in [0.717, 1.165) is 0 Å². The number of hydrogen-bond donors (Lipinski definition) is 0. The van der Waals surface area contributed by atoms with Crippen molar-refractivity contribution in [2.24, 2.45) is 5.92 Å². The van der Waals surface area contributed by atoms with Crippen molar-refractivity contribution in [3.8, 4) is 0 Å². The van der Waals surface area contributed by atoms with E-state index in [0.29, 0.717) is 18.4 Å². The Morgan fingerprint density at radius 1 is 1.53 bits per heavy atom. The fraction of sp³-hybridized carbons (Fsp3) is 0.769. The van der Waals surface area contributed by atoms with Crippen LogP contribution in [-0.2, 0) is 9.53 Å². The number of allylic oxidation sites excluding steroid dienone is 1. The molecule has 0 bridgehead atoms. The lowest BCUT2D eigenvalue weighted by Crippen LogP contribution is -2.32. The van der Waals surface area contributed by atoms with Crippen molar-refractivity contribution in [3.05, 3.63) is 12.2 Å². The molecule has 1 aliphatic rings. The van der Waals surface area contributed by atoms with Crippen molar-refractivity contribution in [1.82, 2.24) is 0 Å². The summed E-state index contributed by atoms with van der Waals surface area (Å²) in [6.07, 6.45) is 0.264. The molecule has 0 radical (unpaired) electrons. The van der Waals surface area contributed by atoms with Gasteiger partial charge in [-0.05, 0) is 45.1 Å². The number of carbonyl (C=O) groups is 1. The van der Waals surface area contributed by atoms with Crippen LogP contribution in [0, 0.1) is 5.92 Å². The van der Waals surface area contributed by atoms with Crippen LogP contribution in [-0.4, -0.2) is 23.1 Å². The molecule has 0 aliphatic heterocycles. The zero-order valence-electron chi connectivity index (χ0n) is 10.6. The summed E-state index contributed by atoms with van der Waals surface area (Å²) in [6.45, 7) is 9.15. The summed E-state index contributed by atoms with van der Waals surface area (Å²) < 4.78 is 18.8. The zero-order valence-corrected chi connectivity index (χ0v) is 11.4. The van der Waals surface area contributed by atoms with E-state index in [1.165, 1.54) is 0 Å². The quantitative estimate of drug-likeness (QED) is 0.432. The van der Waals surface area contributed by atoms with Crippen LogP contribution in [0.5, 0.6) is 0 Å². The van der Waals surface area contributed by atoms with Crippen LogP contribution in [0.25, 0.3) is 0 Å². The number of ether oxygens (including phenoxy) is 1. The third-order valence-corrected chi connectivity index (χ3v) is 3.26. The van der Waals surface area contributed by atoms with Gasteiger partial charge in [-0.25, -0.2) is 4.39 Å². The minimum atomic E-state index is -1.21. The second-order valence-electron chi connectivity index (χ2n) is 5.56. The van der Waals surface area contributed by atoms with Crippen molar-refractivity contribution in [3.63, 3.8) is 0 Å². The van der Waals surface area contributed by atoms with Crippen LogP contribution in [0.3, 0.4) is 0 Å². The second kappa shape index (κ2) is 5.38. The summed E-state index contributed by atoms with van der Waals surface area (Å²) in [7, 11) is 0. The molecule has 0 aromatic rings. The maximum absolute atomic E-state index is 13.6. The molecule has 98 valence electrons. The van der Waals surface area contributed by atoms with Crippen LogP contribution in [0.1, 0.15) is 40.0 Å². The molecular weight excluding hydrogens is 243 g/mol. The Balaban J connectivity index is 2.52. The highest BCUT2D eigenvalue weighted by Crippen LogP contribution is 2.36. The topological polar surface area (TPSA) is 26.3 Å². The number of hydrogen-bond acceptors (Lipinski definition) is 2. The van der Waals surface area contributed by atoms with Crippen molar-refractivity contribution < 1.29 is 13.9 Å². The highest BCUT2D eigenvalue weighted by molar-refractivity contribution is 6.21. The molecule has 0 saturated heterocycles. The molecule has 17 heavy (non-hydrogen) atoms. The van der Waals surface area contributed by atoms with Gasteiger partial charge in [-0.2, -0.15) is 0 Å². The third kappa shape index (κ3) is 4.30. The van der Waals surface area contributed by atoms with Gasteiger partial charge < -0.3 is 4.74 Å². The van der Waals surface area contributed by atoms with Gasteiger partial charge in [0.2, 0.25) is 0 Å². The maximum atomic E-state index is 13.6. The summed E-state index contributed by atoms with van der Waals surface area (Å²) >= 11 is 5.82. The lowest BCUT2D eigenvalue weighted by molar-refractivity contribution is -0.155. The first-order valence-corrected chi connectivity index (χ1v) is 6.33. The van der Waals surface area contributed by atoms with Crippen molar-refractivity contribution in [2.75, 3.05) is 0 Å². The van der Waals surface area contributed by atoms with Crippen molar-refractivity contribution in [2.45, 2.75) is 57.2 Å². The van der Waals surface area contributed by atoms with Crippen LogP contribution in [0.4, 0.5) is 4.39 Å². The van der Waals surface area contributed by atoms with E-state index in [1.807, 2.05) is 20.8 Å². The highest BCUT2D eigenvalue weighted by atomic mass is 35.5. The average Bonchev–Trinajstić information content (AvgIpc) is 2.16. The first kappa shape index (κ1) is 14.5. The van der Waals surface area contributed by atoms with Crippen LogP contribution in [0.2, 0.25) is 0 Å². The SMILES string of the molecule is C=C1C(CC(=O)OC(C)(C)C)CCC(Cl)C1F. The third-order valence-electron chi connectivity index (χ3n) is 2.82. The van der Waals surface area contributed by atoms with Gasteiger partial charge in [0.25, 0.3) is 0 Å². The normalized spacial score (nSPS) is 30.2. The van der Waals surface area contributed by atoms with Gasteiger partial charge in [0.05, 0.1) is 11.8 Å². The number of alkyl halides is 2. The Hall–Kier alpha value is -0.570. The molecular formula is C13H20ClFO2. The highest BCUT2D eigenvalue weighted by Gasteiger charge is 2.34. The lowest BCUT2D eigenvalue weighted by Gasteiger charge is -2.31. The van der Waals surface area contributed by atoms with E-state index in [2.05, 4.69) is 6.58 Å². The lowest BCUT2D eigenvalue weighted by atomic mass is 9.81. The fourth-order valence-electron chi connectivity index (χ4n) is 1.97. The second-order valence-corrected chi connectivity index (χ2v) is 6.12. The molecule has 0 amide bonds. The molecule has 0 aromatic heterocycles. The fourth-order valence-corrected chi connectivity index (χ4v) is 2.25. The first-order chi connectivity index (χ1) is 7.70. The summed E-state index contributed by atoms with van der Waals surface area (Å²) in [5.74, 6) is -0.446. The van der Waals surface area contributed by atoms with Gasteiger partial charge in [0.1, 0.15) is 11.8 Å². The Labute approximate surface area is 107 Å². The largest absolute Gasteiger partial charge is 0.460 e. The van der Waals surface area contributed by atoms with Gasteiger partial charge in [-0.3, -0.25) is 4.79 Å². The molecule has 0 heterocycles. The summed E-state index contributed by atoms with van der Waals surface area (Å²) in [6, 6.07) is 0. The molecule has 3 unspecified atom stereocenters. The van der Waals surface area contributed by atoms with E-state index in [4.69, 9.17) is 16.3 Å². The van der Waals surface area contributed by atoms with Gasteiger partial charge in [0, 0.05) is 0 Å². The van der Waals surface area contributed by atoms with Gasteiger partial charge in [-0.1, -0.05) is 6.58 Å². The predicted octanol–water partition coefficient (Wildman–Crippen LogP) is 3.63. The minimum absolute atomic E-state index is 0.144.